The SMILES string of the molecule is O=C(O)C(O)c1c[nH]c2ccc(O)cc12. The van der Waals surface area contributed by atoms with Crippen molar-refractivity contribution in [3.63, 3.8) is 0 Å². The van der Waals surface area contributed by atoms with Gasteiger partial charge in [0.1, 0.15) is 5.75 Å². The molecular weight excluding hydrogens is 198 g/mol. The molecule has 5 nitrogen and oxygen atoms in total. The first-order valence-electron chi connectivity index (χ1n) is 4.30. The molecule has 0 spiro atoms. The second kappa shape index (κ2) is 3.29. The Balaban J connectivity index is 2.61. The van der Waals surface area contributed by atoms with Crippen LogP contribution >= 0.6 is 0 Å². The first-order valence-corrected chi connectivity index (χ1v) is 4.30. The zero-order valence-electron chi connectivity index (χ0n) is 7.64. The molecule has 1 aromatic heterocycles. The molecule has 1 aromatic carbocycles. The molecule has 2 aromatic rings. The van der Waals surface area contributed by atoms with Gasteiger partial charge in [0.05, 0.1) is 0 Å². The van der Waals surface area contributed by atoms with Gasteiger partial charge in [0, 0.05) is 22.7 Å². The number of aromatic amines is 1. The number of carboxylic acids is 1. The highest BCUT2D eigenvalue weighted by Gasteiger charge is 2.19. The zero-order valence-corrected chi connectivity index (χ0v) is 7.64. The van der Waals surface area contributed by atoms with Crippen molar-refractivity contribution in [3.8, 4) is 5.75 Å². The van der Waals surface area contributed by atoms with Crippen molar-refractivity contribution < 1.29 is 20.1 Å². The van der Waals surface area contributed by atoms with E-state index >= 15 is 0 Å². The molecule has 0 aliphatic rings. The molecule has 0 bridgehead atoms. The highest BCUT2D eigenvalue weighted by atomic mass is 16.4. The van der Waals surface area contributed by atoms with Crippen molar-refractivity contribution in [1.82, 2.24) is 4.98 Å². The van der Waals surface area contributed by atoms with Crippen LogP contribution < -0.4 is 0 Å². The summed E-state index contributed by atoms with van der Waals surface area (Å²) < 4.78 is 0. The fourth-order valence-electron chi connectivity index (χ4n) is 1.49. The summed E-state index contributed by atoms with van der Waals surface area (Å²) in [5.74, 6) is -1.29. The van der Waals surface area contributed by atoms with E-state index in [2.05, 4.69) is 4.98 Å². The Morgan fingerprint density at radius 1 is 1.40 bits per heavy atom. The third-order valence-corrected chi connectivity index (χ3v) is 2.23. The highest BCUT2D eigenvalue weighted by molar-refractivity contribution is 5.89. The predicted molar refractivity (Wildman–Crippen MR) is 52.6 cm³/mol. The average molecular weight is 207 g/mol. The topological polar surface area (TPSA) is 93.5 Å². The Morgan fingerprint density at radius 3 is 2.80 bits per heavy atom. The second-order valence-corrected chi connectivity index (χ2v) is 3.21. The molecule has 1 heterocycles. The van der Waals surface area contributed by atoms with E-state index in [9.17, 15) is 15.0 Å². The van der Waals surface area contributed by atoms with Gasteiger partial charge >= 0.3 is 5.97 Å². The number of carbonyl (C=O) groups is 1. The van der Waals surface area contributed by atoms with E-state index in [0.717, 1.165) is 0 Å². The largest absolute Gasteiger partial charge is 0.508 e. The molecule has 0 fully saturated rings. The van der Waals surface area contributed by atoms with Crippen LogP contribution in [0.1, 0.15) is 11.7 Å². The molecule has 5 heteroatoms. The number of hydrogen-bond acceptors (Lipinski definition) is 3. The van der Waals surface area contributed by atoms with E-state index in [1.807, 2.05) is 0 Å². The maximum atomic E-state index is 10.6. The number of rotatable bonds is 2. The summed E-state index contributed by atoms with van der Waals surface area (Å²) in [5, 5.41) is 27.8. The number of phenolic OH excluding ortho intramolecular Hbond substituents is 1. The first-order chi connectivity index (χ1) is 7.09. The maximum Gasteiger partial charge on any atom is 0.337 e. The molecule has 0 amide bonds. The lowest BCUT2D eigenvalue weighted by atomic mass is 10.1. The molecule has 4 N–H and O–H groups in total. The molecule has 15 heavy (non-hydrogen) atoms. The number of fused-ring (bicyclic) bond motifs is 1. The second-order valence-electron chi connectivity index (χ2n) is 3.21. The number of hydrogen-bond donors (Lipinski definition) is 4. The van der Waals surface area contributed by atoms with Gasteiger partial charge in [-0.15, -0.1) is 0 Å². The fraction of sp³-hybridized carbons (Fsp3) is 0.100. The van der Waals surface area contributed by atoms with Crippen LogP contribution in [0.3, 0.4) is 0 Å². The summed E-state index contributed by atoms with van der Waals surface area (Å²) in [6.45, 7) is 0. The van der Waals surface area contributed by atoms with E-state index in [1.165, 1.54) is 18.3 Å². The van der Waals surface area contributed by atoms with Crippen LogP contribution in [-0.4, -0.2) is 26.3 Å². The van der Waals surface area contributed by atoms with Gasteiger partial charge in [0.2, 0.25) is 0 Å². The summed E-state index contributed by atoms with van der Waals surface area (Å²) in [6, 6.07) is 4.51. The number of aromatic hydroxyl groups is 1. The van der Waals surface area contributed by atoms with Crippen molar-refractivity contribution in [2.45, 2.75) is 6.10 Å². The number of aromatic nitrogens is 1. The van der Waals surface area contributed by atoms with E-state index < -0.39 is 12.1 Å². The number of benzene rings is 1. The van der Waals surface area contributed by atoms with E-state index in [4.69, 9.17) is 5.11 Å². The standard InChI is InChI=1S/C10H9NO4/c12-5-1-2-8-6(3-5)7(4-11-8)9(13)10(14)15/h1-4,9,11-13H,(H,14,15). The van der Waals surface area contributed by atoms with Crippen molar-refractivity contribution in [2.75, 3.05) is 0 Å². The van der Waals surface area contributed by atoms with Crippen LogP contribution in [-0.2, 0) is 4.79 Å². The number of aliphatic hydroxyl groups is 1. The van der Waals surface area contributed by atoms with Gasteiger partial charge in [0.25, 0.3) is 0 Å². The molecular formula is C10H9NO4. The quantitative estimate of drug-likeness (QED) is 0.590. The minimum Gasteiger partial charge on any atom is -0.508 e. The molecule has 2 rings (SSSR count). The Hall–Kier alpha value is -2.01. The van der Waals surface area contributed by atoms with E-state index in [0.29, 0.717) is 10.9 Å². The zero-order chi connectivity index (χ0) is 11.0. The average Bonchev–Trinajstić information content (AvgIpc) is 2.59. The van der Waals surface area contributed by atoms with Crippen molar-refractivity contribution >= 4 is 16.9 Å². The molecule has 0 saturated carbocycles. The highest BCUT2D eigenvalue weighted by Crippen LogP contribution is 2.27. The first kappa shape index (κ1) is 9.54. The molecule has 1 unspecified atom stereocenters. The molecule has 0 radical (unpaired) electrons. The van der Waals surface area contributed by atoms with Gasteiger partial charge in [-0.1, -0.05) is 0 Å². The third kappa shape index (κ3) is 1.53. The van der Waals surface area contributed by atoms with Crippen molar-refractivity contribution in [2.24, 2.45) is 0 Å². The van der Waals surface area contributed by atoms with Gasteiger partial charge in [-0.25, -0.2) is 4.79 Å². The minimum absolute atomic E-state index is 0.0286. The Labute approximate surface area is 84.6 Å². The Morgan fingerprint density at radius 2 is 2.13 bits per heavy atom. The Bertz CT molecular complexity index is 517. The fourth-order valence-corrected chi connectivity index (χ4v) is 1.49. The smallest absolute Gasteiger partial charge is 0.337 e. The summed E-state index contributed by atoms with van der Waals surface area (Å²) in [7, 11) is 0. The summed E-state index contributed by atoms with van der Waals surface area (Å²) in [6.07, 6.45) is -0.163. The normalized spacial score (nSPS) is 12.9. The molecule has 1 atom stereocenters. The summed E-state index contributed by atoms with van der Waals surface area (Å²) in [4.78, 5) is 13.4. The van der Waals surface area contributed by atoms with Crippen LogP contribution in [0.5, 0.6) is 5.75 Å². The van der Waals surface area contributed by atoms with E-state index in [-0.39, 0.29) is 11.3 Å². The molecule has 0 saturated heterocycles. The summed E-state index contributed by atoms with van der Waals surface area (Å²) in [5.41, 5.74) is 0.913. The van der Waals surface area contributed by atoms with Crippen LogP contribution in [0, 0.1) is 0 Å². The van der Waals surface area contributed by atoms with Crippen LogP contribution in [0.25, 0.3) is 10.9 Å². The summed E-state index contributed by atoms with van der Waals surface area (Å²) >= 11 is 0. The van der Waals surface area contributed by atoms with Crippen LogP contribution in [0.2, 0.25) is 0 Å². The number of phenols is 1. The lowest BCUT2D eigenvalue weighted by Crippen LogP contribution is -2.09. The molecule has 0 aliphatic heterocycles. The van der Waals surface area contributed by atoms with Gasteiger partial charge in [0.15, 0.2) is 6.10 Å². The van der Waals surface area contributed by atoms with Crippen LogP contribution in [0.15, 0.2) is 24.4 Å². The van der Waals surface area contributed by atoms with Gasteiger partial charge in [-0.05, 0) is 18.2 Å². The molecule has 78 valence electrons. The lowest BCUT2D eigenvalue weighted by molar-refractivity contribution is -0.146. The number of aliphatic hydroxyl groups excluding tert-OH is 1. The lowest BCUT2D eigenvalue weighted by Gasteiger charge is -2.03. The van der Waals surface area contributed by atoms with Crippen LogP contribution in [0.4, 0.5) is 0 Å². The van der Waals surface area contributed by atoms with Crippen molar-refractivity contribution in [3.05, 3.63) is 30.0 Å². The number of H-pyrrole nitrogens is 1. The monoisotopic (exact) mass is 207 g/mol. The minimum atomic E-state index is -1.58. The third-order valence-electron chi connectivity index (χ3n) is 2.23. The van der Waals surface area contributed by atoms with Crippen molar-refractivity contribution in [1.29, 1.82) is 0 Å². The number of aliphatic carboxylic acids is 1. The number of carboxylic acid groups (broad SMARTS) is 1. The molecule has 0 aliphatic carbocycles. The van der Waals surface area contributed by atoms with E-state index in [1.54, 1.807) is 6.07 Å². The van der Waals surface area contributed by atoms with Gasteiger partial charge in [-0.3, -0.25) is 0 Å². The van der Waals surface area contributed by atoms with Gasteiger partial charge in [-0.2, -0.15) is 0 Å². The predicted octanol–water partition coefficient (Wildman–Crippen LogP) is 0.991. The Kier molecular flexibility index (Phi) is 2.09. The van der Waals surface area contributed by atoms with Gasteiger partial charge < -0.3 is 20.3 Å². The maximum absolute atomic E-state index is 10.6. The number of nitrogens with one attached hydrogen (secondary N) is 1.